The van der Waals surface area contributed by atoms with Gasteiger partial charge in [0.15, 0.2) is 0 Å². The van der Waals surface area contributed by atoms with E-state index < -0.39 is 4.92 Å². The van der Waals surface area contributed by atoms with Crippen molar-refractivity contribution in [2.75, 3.05) is 0 Å². The second-order valence-electron chi connectivity index (χ2n) is 4.08. The molecule has 0 aliphatic heterocycles. The third-order valence-electron chi connectivity index (χ3n) is 2.60. The maximum absolute atomic E-state index is 10.7. The standard InChI is InChI=1S/C14H9ClN2O3/c1-9-2-5-14(10(6-9)8-16)20-11-3-4-13(17(18)19)12(15)7-11/h2-7H,1H3. The summed E-state index contributed by atoms with van der Waals surface area (Å²) in [5, 5.41) is 19.7. The van der Waals surface area contributed by atoms with E-state index in [-0.39, 0.29) is 10.7 Å². The van der Waals surface area contributed by atoms with Crippen LogP contribution in [0.25, 0.3) is 0 Å². The van der Waals surface area contributed by atoms with E-state index in [0.29, 0.717) is 17.1 Å². The van der Waals surface area contributed by atoms with Crippen LogP contribution in [0.15, 0.2) is 36.4 Å². The number of nitro groups is 1. The molecule has 0 saturated carbocycles. The molecule has 0 spiro atoms. The number of benzene rings is 2. The van der Waals surface area contributed by atoms with Crippen LogP contribution in [0.5, 0.6) is 11.5 Å². The van der Waals surface area contributed by atoms with E-state index in [4.69, 9.17) is 21.6 Å². The van der Waals surface area contributed by atoms with Crippen molar-refractivity contribution in [1.82, 2.24) is 0 Å². The lowest BCUT2D eigenvalue weighted by Gasteiger charge is -2.08. The van der Waals surface area contributed by atoms with Gasteiger partial charge in [0.2, 0.25) is 0 Å². The van der Waals surface area contributed by atoms with Gasteiger partial charge in [-0.3, -0.25) is 10.1 Å². The molecule has 2 aromatic carbocycles. The topological polar surface area (TPSA) is 76.2 Å². The summed E-state index contributed by atoms with van der Waals surface area (Å²) >= 11 is 5.80. The molecule has 5 nitrogen and oxygen atoms in total. The number of rotatable bonds is 3. The average Bonchev–Trinajstić information content (AvgIpc) is 2.40. The Bertz CT molecular complexity index is 723. The second-order valence-corrected chi connectivity index (χ2v) is 4.49. The lowest BCUT2D eigenvalue weighted by Crippen LogP contribution is -1.92. The maximum atomic E-state index is 10.7. The highest BCUT2D eigenvalue weighted by Crippen LogP contribution is 2.32. The van der Waals surface area contributed by atoms with Crippen molar-refractivity contribution in [2.45, 2.75) is 6.92 Å². The highest BCUT2D eigenvalue weighted by atomic mass is 35.5. The van der Waals surface area contributed by atoms with E-state index in [0.717, 1.165) is 5.56 Å². The molecule has 0 atom stereocenters. The summed E-state index contributed by atoms with van der Waals surface area (Å²) < 4.78 is 5.54. The van der Waals surface area contributed by atoms with Crippen LogP contribution < -0.4 is 4.74 Å². The predicted octanol–water partition coefficient (Wildman–Crippen LogP) is 4.22. The minimum absolute atomic E-state index is 0.0156. The summed E-state index contributed by atoms with van der Waals surface area (Å²) in [4.78, 5) is 10.1. The fraction of sp³-hybridized carbons (Fsp3) is 0.0714. The zero-order chi connectivity index (χ0) is 14.7. The van der Waals surface area contributed by atoms with Crippen LogP contribution in [0.3, 0.4) is 0 Å². The Labute approximate surface area is 120 Å². The molecule has 6 heteroatoms. The number of nitriles is 1. The van der Waals surface area contributed by atoms with E-state index in [1.165, 1.54) is 18.2 Å². The average molecular weight is 289 g/mol. The molecule has 100 valence electrons. The fourth-order valence-corrected chi connectivity index (χ4v) is 1.89. The Morgan fingerprint density at radius 1 is 1.30 bits per heavy atom. The monoisotopic (exact) mass is 288 g/mol. The Kier molecular flexibility index (Phi) is 3.87. The number of ether oxygens (including phenoxy) is 1. The van der Waals surface area contributed by atoms with Gasteiger partial charge in [-0.1, -0.05) is 17.7 Å². The third-order valence-corrected chi connectivity index (χ3v) is 2.90. The first-order valence-electron chi connectivity index (χ1n) is 5.64. The Hall–Kier alpha value is -2.58. The largest absolute Gasteiger partial charge is 0.456 e. The van der Waals surface area contributed by atoms with Crippen LogP contribution >= 0.6 is 11.6 Å². The molecule has 0 aromatic heterocycles. The summed E-state index contributed by atoms with van der Waals surface area (Å²) in [5.74, 6) is 0.712. The highest BCUT2D eigenvalue weighted by Gasteiger charge is 2.13. The molecule has 0 N–H and O–H groups in total. The molecule has 0 saturated heterocycles. The lowest BCUT2D eigenvalue weighted by molar-refractivity contribution is -0.384. The Morgan fingerprint density at radius 2 is 2.05 bits per heavy atom. The molecule has 2 aromatic rings. The van der Waals surface area contributed by atoms with Gasteiger partial charge in [0.05, 0.1) is 10.5 Å². The quantitative estimate of drug-likeness (QED) is 0.626. The minimum atomic E-state index is -0.571. The summed E-state index contributed by atoms with van der Waals surface area (Å²) in [5.41, 5.74) is 1.14. The Balaban J connectivity index is 2.34. The highest BCUT2D eigenvalue weighted by molar-refractivity contribution is 6.32. The summed E-state index contributed by atoms with van der Waals surface area (Å²) in [6, 6.07) is 11.3. The lowest BCUT2D eigenvalue weighted by atomic mass is 10.1. The van der Waals surface area contributed by atoms with Crippen molar-refractivity contribution >= 4 is 17.3 Å². The van der Waals surface area contributed by atoms with Crippen LogP contribution in [0, 0.1) is 28.4 Å². The van der Waals surface area contributed by atoms with Crippen molar-refractivity contribution in [3.8, 4) is 17.6 Å². The molecule has 20 heavy (non-hydrogen) atoms. The molecule has 0 bridgehead atoms. The smallest absolute Gasteiger partial charge is 0.288 e. The molecular weight excluding hydrogens is 280 g/mol. The van der Waals surface area contributed by atoms with Crippen molar-refractivity contribution in [3.05, 3.63) is 62.7 Å². The van der Waals surface area contributed by atoms with Gasteiger partial charge < -0.3 is 4.74 Å². The number of nitrogens with zero attached hydrogens (tertiary/aromatic N) is 2. The third kappa shape index (κ3) is 2.87. The first kappa shape index (κ1) is 13.8. The zero-order valence-electron chi connectivity index (χ0n) is 10.5. The maximum Gasteiger partial charge on any atom is 0.288 e. The molecule has 0 radical (unpaired) electrons. The molecule has 0 unspecified atom stereocenters. The van der Waals surface area contributed by atoms with Crippen molar-refractivity contribution in [1.29, 1.82) is 5.26 Å². The number of hydrogen-bond acceptors (Lipinski definition) is 4. The van der Waals surface area contributed by atoms with Crippen LogP contribution in [0.1, 0.15) is 11.1 Å². The van der Waals surface area contributed by atoms with E-state index in [1.807, 2.05) is 19.1 Å². The van der Waals surface area contributed by atoms with Crippen molar-refractivity contribution in [2.24, 2.45) is 0 Å². The van der Waals surface area contributed by atoms with Gasteiger partial charge in [-0.05, 0) is 30.7 Å². The second kappa shape index (κ2) is 5.59. The van der Waals surface area contributed by atoms with Crippen LogP contribution in [-0.4, -0.2) is 4.92 Å². The van der Waals surface area contributed by atoms with Gasteiger partial charge in [0.25, 0.3) is 5.69 Å². The summed E-state index contributed by atoms with van der Waals surface area (Å²) in [6.07, 6.45) is 0. The molecular formula is C14H9ClN2O3. The first-order chi connectivity index (χ1) is 9.51. The molecule has 0 aliphatic rings. The number of nitro benzene ring substituents is 1. The van der Waals surface area contributed by atoms with Gasteiger partial charge in [-0.25, -0.2) is 0 Å². The number of aryl methyl sites for hydroxylation is 1. The minimum Gasteiger partial charge on any atom is -0.456 e. The van der Waals surface area contributed by atoms with Crippen molar-refractivity contribution < 1.29 is 9.66 Å². The number of halogens is 1. The van der Waals surface area contributed by atoms with Crippen LogP contribution in [0.2, 0.25) is 5.02 Å². The van der Waals surface area contributed by atoms with Gasteiger partial charge >= 0.3 is 0 Å². The normalized spacial score (nSPS) is 9.85. The Morgan fingerprint density at radius 3 is 2.65 bits per heavy atom. The van der Waals surface area contributed by atoms with Crippen molar-refractivity contribution in [3.63, 3.8) is 0 Å². The SMILES string of the molecule is Cc1ccc(Oc2ccc([N+](=O)[O-])c(Cl)c2)c(C#N)c1. The molecule has 0 aliphatic carbocycles. The van der Waals surface area contributed by atoms with Crippen LogP contribution in [-0.2, 0) is 0 Å². The first-order valence-corrected chi connectivity index (χ1v) is 6.01. The molecule has 2 rings (SSSR count). The summed E-state index contributed by atoms with van der Waals surface area (Å²) in [6.45, 7) is 1.87. The van der Waals surface area contributed by atoms with E-state index in [1.54, 1.807) is 12.1 Å². The molecule has 0 amide bonds. The van der Waals surface area contributed by atoms with E-state index in [2.05, 4.69) is 0 Å². The summed E-state index contributed by atoms with van der Waals surface area (Å²) in [7, 11) is 0. The predicted molar refractivity (Wildman–Crippen MR) is 74.1 cm³/mol. The molecule has 0 fully saturated rings. The van der Waals surface area contributed by atoms with Gasteiger partial charge in [0, 0.05) is 12.1 Å². The van der Waals surface area contributed by atoms with Crippen LogP contribution in [0.4, 0.5) is 5.69 Å². The van der Waals surface area contributed by atoms with Gasteiger partial charge in [-0.2, -0.15) is 5.26 Å². The van der Waals surface area contributed by atoms with Gasteiger partial charge in [-0.15, -0.1) is 0 Å². The molecule has 0 heterocycles. The number of hydrogen-bond donors (Lipinski definition) is 0. The zero-order valence-corrected chi connectivity index (χ0v) is 11.2. The fourth-order valence-electron chi connectivity index (χ4n) is 1.65. The van der Waals surface area contributed by atoms with E-state index in [9.17, 15) is 10.1 Å². The van der Waals surface area contributed by atoms with E-state index >= 15 is 0 Å². The van der Waals surface area contributed by atoms with Gasteiger partial charge in [0.1, 0.15) is 22.6 Å².